The molecule has 0 amide bonds. The Morgan fingerprint density at radius 1 is 1.06 bits per heavy atom. The second-order valence-electron chi connectivity index (χ2n) is 3.14. The van der Waals surface area contributed by atoms with Gasteiger partial charge in [-0.25, -0.2) is 9.59 Å². The molecule has 0 aliphatic carbocycles. The Morgan fingerprint density at radius 2 is 1.59 bits per heavy atom. The highest BCUT2D eigenvalue weighted by Gasteiger charge is 2.31. The molecule has 0 aliphatic heterocycles. The third-order valence-corrected chi connectivity index (χ3v) is 1.85. The summed E-state index contributed by atoms with van der Waals surface area (Å²) in [6.07, 6.45) is -4.43. The Balaban J connectivity index is 2.66. The first-order valence-corrected chi connectivity index (χ1v) is 4.51. The molecular weight excluding hydrogens is 232 g/mol. The molecule has 2 unspecified atom stereocenters. The lowest BCUT2D eigenvalue weighted by Crippen LogP contribution is -2.41. The summed E-state index contributed by atoms with van der Waals surface area (Å²) in [4.78, 5) is 21.5. The number of aromatic hydroxyl groups is 1. The van der Waals surface area contributed by atoms with Crippen molar-refractivity contribution in [1.29, 1.82) is 0 Å². The van der Waals surface area contributed by atoms with Crippen molar-refractivity contribution in [3.63, 3.8) is 0 Å². The summed E-state index contributed by atoms with van der Waals surface area (Å²) >= 11 is 0. The van der Waals surface area contributed by atoms with Gasteiger partial charge in [-0.1, -0.05) is 0 Å². The van der Waals surface area contributed by atoms with Crippen LogP contribution in [0.25, 0.3) is 0 Å². The van der Waals surface area contributed by atoms with Crippen molar-refractivity contribution in [2.24, 2.45) is 0 Å². The zero-order valence-electron chi connectivity index (χ0n) is 8.48. The third-order valence-electron chi connectivity index (χ3n) is 1.85. The average molecular weight is 242 g/mol. The molecule has 0 aromatic heterocycles. The zero-order valence-corrected chi connectivity index (χ0v) is 8.48. The van der Waals surface area contributed by atoms with E-state index in [4.69, 9.17) is 20.4 Å². The summed E-state index contributed by atoms with van der Waals surface area (Å²) in [5, 5.41) is 35.3. The number of carbonyl (C=O) groups excluding carboxylic acids is 1. The van der Waals surface area contributed by atoms with E-state index in [1.807, 2.05) is 0 Å². The van der Waals surface area contributed by atoms with Crippen LogP contribution in [0.5, 0.6) is 11.5 Å². The highest BCUT2D eigenvalue weighted by atomic mass is 16.6. The normalized spacial score (nSPS) is 13.8. The number of carboxylic acids is 1. The number of rotatable bonds is 4. The predicted molar refractivity (Wildman–Crippen MR) is 53.4 cm³/mol. The molecule has 7 heteroatoms. The van der Waals surface area contributed by atoms with Crippen LogP contribution >= 0.6 is 0 Å². The van der Waals surface area contributed by atoms with Gasteiger partial charge in [-0.3, -0.25) is 0 Å². The van der Waals surface area contributed by atoms with E-state index in [-0.39, 0.29) is 11.5 Å². The number of ether oxygens (including phenoxy) is 1. The maximum atomic E-state index is 11.2. The largest absolute Gasteiger partial charge is 0.508 e. The molecule has 0 heterocycles. The van der Waals surface area contributed by atoms with Gasteiger partial charge in [0, 0.05) is 0 Å². The van der Waals surface area contributed by atoms with Gasteiger partial charge in [-0.2, -0.15) is 0 Å². The first-order chi connectivity index (χ1) is 7.91. The van der Waals surface area contributed by atoms with Crippen LogP contribution in [0.1, 0.15) is 0 Å². The number of hydrogen-bond acceptors (Lipinski definition) is 6. The van der Waals surface area contributed by atoms with Crippen molar-refractivity contribution in [2.45, 2.75) is 12.2 Å². The number of hydrogen-bond donors (Lipinski definition) is 4. The van der Waals surface area contributed by atoms with Gasteiger partial charge in [0.15, 0.2) is 12.2 Å². The van der Waals surface area contributed by atoms with Crippen LogP contribution in [0.3, 0.4) is 0 Å². The van der Waals surface area contributed by atoms with E-state index in [1.54, 1.807) is 0 Å². The van der Waals surface area contributed by atoms with Crippen molar-refractivity contribution in [3.05, 3.63) is 24.3 Å². The van der Waals surface area contributed by atoms with Gasteiger partial charge < -0.3 is 25.2 Å². The van der Waals surface area contributed by atoms with Crippen LogP contribution in [-0.4, -0.2) is 44.6 Å². The zero-order chi connectivity index (χ0) is 13.0. The first kappa shape index (κ1) is 12.9. The Kier molecular flexibility index (Phi) is 4.02. The van der Waals surface area contributed by atoms with E-state index in [2.05, 4.69) is 4.74 Å². The molecule has 0 saturated heterocycles. The molecule has 17 heavy (non-hydrogen) atoms. The second kappa shape index (κ2) is 5.28. The van der Waals surface area contributed by atoms with Crippen LogP contribution in [0.15, 0.2) is 24.3 Å². The van der Waals surface area contributed by atoms with E-state index < -0.39 is 24.1 Å². The molecule has 0 radical (unpaired) electrons. The van der Waals surface area contributed by atoms with Crippen molar-refractivity contribution in [1.82, 2.24) is 0 Å². The van der Waals surface area contributed by atoms with Gasteiger partial charge in [0.25, 0.3) is 0 Å². The fourth-order valence-corrected chi connectivity index (χ4v) is 0.955. The number of aliphatic carboxylic acids is 1. The number of aliphatic hydroxyl groups excluding tert-OH is 2. The van der Waals surface area contributed by atoms with Gasteiger partial charge in [0.05, 0.1) is 0 Å². The quantitative estimate of drug-likeness (QED) is 0.398. The summed E-state index contributed by atoms with van der Waals surface area (Å²) < 4.78 is 4.58. The van der Waals surface area contributed by atoms with Crippen LogP contribution < -0.4 is 4.74 Å². The van der Waals surface area contributed by atoms with Gasteiger partial charge in [-0.15, -0.1) is 0 Å². The highest BCUT2D eigenvalue weighted by molar-refractivity contribution is 5.85. The summed E-state index contributed by atoms with van der Waals surface area (Å²) in [6, 6.07) is 4.96. The van der Waals surface area contributed by atoms with Crippen molar-refractivity contribution < 1.29 is 34.8 Å². The van der Waals surface area contributed by atoms with Crippen LogP contribution in [0.4, 0.5) is 0 Å². The minimum absolute atomic E-state index is 0.00411. The minimum atomic E-state index is -2.25. The van der Waals surface area contributed by atoms with E-state index >= 15 is 0 Å². The van der Waals surface area contributed by atoms with Crippen molar-refractivity contribution >= 4 is 11.9 Å². The Bertz CT molecular complexity index is 411. The fourth-order valence-electron chi connectivity index (χ4n) is 0.955. The van der Waals surface area contributed by atoms with Gasteiger partial charge in [-0.05, 0) is 24.3 Å². The van der Waals surface area contributed by atoms with Crippen molar-refractivity contribution in [3.8, 4) is 11.5 Å². The van der Waals surface area contributed by atoms with Crippen molar-refractivity contribution in [2.75, 3.05) is 0 Å². The number of phenols is 1. The van der Waals surface area contributed by atoms with Gasteiger partial charge in [0.1, 0.15) is 11.5 Å². The summed E-state index contributed by atoms with van der Waals surface area (Å²) in [5.74, 6) is -3.08. The number of phenolic OH excluding ortho intramolecular Hbond substituents is 1. The SMILES string of the molecule is O=C(O)C(O)C(O)C(=O)Oc1ccc(O)cc1. The van der Waals surface area contributed by atoms with Crippen LogP contribution in [0, 0.1) is 0 Å². The molecule has 1 rings (SSSR count). The lowest BCUT2D eigenvalue weighted by atomic mass is 10.2. The Morgan fingerprint density at radius 3 is 2.06 bits per heavy atom. The molecule has 1 aromatic carbocycles. The molecule has 0 spiro atoms. The highest BCUT2D eigenvalue weighted by Crippen LogP contribution is 2.16. The number of aliphatic hydroxyl groups is 2. The monoisotopic (exact) mass is 242 g/mol. The average Bonchev–Trinajstić information content (AvgIpc) is 2.30. The topological polar surface area (TPSA) is 124 Å². The molecule has 92 valence electrons. The molecule has 0 fully saturated rings. The second-order valence-corrected chi connectivity index (χ2v) is 3.14. The molecule has 7 nitrogen and oxygen atoms in total. The lowest BCUT2D eigenvalue weighted by Gasteiger charge is -2.12. The van der Waals surface area contributed by atoms with Crippen LogP contribution in [0.2, 0.25) is 0 Å². The van der Waals surface area contributed by atoms with E-state index in [0.29, 0.717) is 0 Å². The Labute approximate surface area is 95.5 Å². The summed E-state index contributed by atoms with van der Waals surface area (Å²) in [7, 11) is 0. The standard InChI is InChI=1S/C10H10O7/c11-5-1-3-6(4-2-5)17-10(16)8(13)7(12)9(14)15/h1-4,7-8,11-13H,(H,14,15). The fraction of sp³-hybridized carbons (Fsp3) is 0.200. The predicted octanol–water partition coefficient (Wildman–Crippen LogP) is -0.896. The number of carboxylic acid groups (broad SMARTS) is 1. The molecule has 0 saturated carbocycles. The number of carbonyl (C=O) groups is 2. The van der Waals surface area contributed by atoms with Gasteiger partial charge >= 0.3 is 11.9 Å². The molecule has 0 bridgehead atoms. The molecular formula is C10H10O7. The third kappa shape index (κ3) is 3.44. The minimum Gasteiger partial charge on any atom is -0.508 e. The summed E-state index contributed by atoms with van der Waals surface area (Å²) in [5.41, 5.74) is 0. The molecule has 2 atom stereocenters. The van der Waals surface area contributed by atoms with E-state index in [0.717, 1.165) is 0 Å². The molecule has 0 aliphatic rings. The maximum Gasteiger partial charge on any atom is 0.343 e. The number of benzene rings is 1. The smallest absolute Gasteiger partial charge is 0.343 e. The van der Waals surface area contributed by atoms with Crippen LogP contribution in [-0.2, 0) is 9.59 Å². The summed E-state index contributed by atoms with van der Waals surface area (Å²) in [6.45, 7) is 0. The Hall–Kier alpha value is -2.12. The number of esters is 1. The molecule has 1 aromatic rings. The van der Waals surface area contributed by atoms with E-state index in [1.165, 1.54) is 24.3 Å². The molecule has 4 N–H and O–H groups in total. The van der Waals surface area contributed by atoms with E-state index in [9.17, 15) is 9.59 Å². The first-order valence-electron chi connectivity index (χ1n) is 4.51. The van der Waals surface area contributed by atoms with Gasteiger partial charge in [0.2, 0.25) is 0 Å². The maximum absolute atomic E-state index is 11.2. The lowest BCUT2D eigenvalue weighted by molar-refractivity contribution is -0.164.